The van der Waals surface area contributed by atoms with Crippen LogP contribution in [0, 0.1) is 13.8 Å². The standard InChI is InChI=1S/C14H21NO4/c1-7-4-5-10(6-8(7)2)15-14-13(18)12(17)11(16)9(3)19-14/h4-6,9,11-18H,1-3H3/t9-,11-,12-,13-,14-/m0/s1. The molecule has 0 unspecified atom stereocenters. The highest BCUT2D eigenvalue weighted by Crippen LogP contribution is 2.23. The molecule has 5 heteroatoms. The second-order valence-electron chi connectivity index (χ2n) is 5.18. The van der Waals surface area contributed by atoms with Crippen LogP contribution in [-0.2, 0) is 4.74 Å². The lowest BCUT2D eigenvalue weighted by atomic mass is 9.99. The van der Waals surface area contributed by atoms with Gasteiger partial charge in [-0.3, -0.25) is 0 Å². The van der Waals surface area contributed by atoms with E-state index in [0.717, 1.165) is 11.3 Å². The van der Waals surface area contributed by atoms with Gasteiger partial charge in [0.15, 0.2) is 6.23 Å². The van der Waals surface area contributed by atoms with E-state index in [1.54, 1.807) is 6.92 Å². The van der Waals surface area contributed by atoms with Crippen LogP contribution in [0.5, 0.6) is 0 Å². The minimum atomic E-state index is -1.22. The fourth-order valence-corrected chi connectivity index (χ4v) is 2.17. The van der Waals surface area contributed by atoms with Crippen LogP contribution >= 0.6 is 0 Å². The minimum Gasteiger partial charge on any atom is -0.388 e. The Morgan fingerprint density at radius 3 is 2.32 bits per heavy atom. The smallest absolute Gasteiger partial charge is 0.157 e. The summed E-state index contributed by atoms with van der Waals surface area (Å²) in [5.41, 5.74) is 3.12. The lowest BCUT2D eigenvalue weighted by Gasteiger charge is -2.39. The van der Waals surface area contributed by atoms with E-state index in [-0.39, 0.29) is 0 Å². The van der Waals surface area contributed by atoms with Crippen LogP contribution in [0.25, 0.3) is 0 Å². The molecule has 1 heterocycles. The van der Waals surface area contributed by atoms with E-state index < -0.39 is 30.6 Å². The highest BCUT2D eigenvalue weighted by atomic mass is 16.5. The average molecular weight is 267 g/mol. The number of anilines is 1. The first-order valence-electron chi connectivity index (χ1n) is 6.43. The first kappa shape index (κ1) is 14.3. The number of aliphatic hydroxyl groups is 3. The van der Waals surface area contributed by atoms with E-state index in [2.05, 4.69) is 5.32 Å². The van der Waals surface area contributed by atoms with Gasteiger partial charge in [0.2, 0.25) is 0 Å². The Morgan fingerprint density at radius 1 is 1.00 bits per heavy atom. The third-order valence-corrected chi connectivity index (χ3v) is 3.67. The minimum absolute atomic E-state index is 0.539. The number of ether oxygens (including phenoxy) is 1. The monoisotopic (exact) mass is 267 g/mol. The van der Waals surface area contributed by atoms with Crippen molar-refractivity contribution in [2.45, 2.75) is 51.4 Å². The zero-order chi connectivity index (χ0) is 14.2. The van der Waals surface area contributed by atoms with Gasteiger partial charge in [0.05, 0.1) is 6.10 Å². The van der Waals surface area contributed by atoms with Gasteiger partial charge in [-0.25, -0.2) is 0 Å². The Bertz CT molecular complexity index is 451. The molecule has 1 aromatic rings. The van der Waals surface area contributed by atoms with Crippen molar-refractivity contribution in [1.82, 2.24) is 0 Å². The van der Waals surface area contributed by atoms with Crippen LogP contribution < -0.4 is 5.32 Å². The summed E-state index contributed by atoms with van der Waals surface area (Å²) in [6.45, 7) is 5.68. The van der Waals surface area contributed by atoms with Gasteiger partial charge in [-0.1, -0.05) is 6.07 Å². The van der Waals surface area contributed by atoms with Crippen LogP contribution in [0.2, 0.25) is 0 Å². The number of hydrogen-bond acceptors (Lipinski definition) is 5. The predicted molar refractivity (Wildman–Crippen MR) is 71.9 cm³/mol. The summed E-state index contributed by atoms with van der Waals surface area (Å²) in [7, 11) is 0. The maximum Gasteiger partial charge on any atom is 0.157 e. The second kappa shape index (κ2) is 5.46. The first-order valence-corrected chi connectivity index (χ1v) is 6.43. The average Bonchev–Trinajstić information content (AvgIpc) is 2.38. The molecule has 5 atom stereocenters. The summed E-state index contributed by atoms with van der Waals surface area (Å²) < 4.78 is 5.48. The molecular weight excluding hydrogens is 246 g/mol. The molecular formula is C14H21NO4. The topological polar surface area (TPSA) is 82.0 Å². The van der Waals surface area contributed by atoms with Crippen molar-refractivity contribution in [3.63, 3.8) is 0 Å². The molecule has 0 spiro atoms. The molecule has 0 radical (unpaired) electrons. The van der Waals surface area contributed by atoms with E-state index in [1.165, 1.54) is 5.56 Å². The molecule has 1 saturated heterocycles. The molecule has 106 valence electrons. The first-order chi connectivity index (χ1) is 8.90. The Kier molecular flexibility index (Phi) is 4.10. The predicted octanol–water partition coefficient (Wildman–Crippen LogP) is 0.543. The number of benzene rings is 1. The van der Waals surface area contributed by atoms with Crippen LogP contribution in [0.15, 0.2) is 18.2 Å². The lowest BCUT2D eigenvalue weighted by Crippen LogP contribution is -2.58. The van der Waals surface area contributed by atoms with E-state index in [9.17, 15) is 15.3 Å². The van der Waals surface area contributed by atoms with Crippen molar-refractivity contribution in [3.05, 3.63) is 29.3 Å². The van der Waals surface area contributed by atoms with Gasteiger partial charge in [0.1, 0.15) is 18.3 Å². The second-order valence-corrected chi connectivity index (χ2v) is 5.18. The van der Waals surface area contributed by atoms with Crippen LogP contribution in [0.1, 0.15) is 18.1 Å². The Hall–Kier alpha value is -1.14. The molecule has 0 saturated carbocycles. The zero-order valence-corrected chi connectivity index (χ0v) is 11.4. The quantitative estimate of drug-likeness (QED) is 0.629. The molecule has 1 aliphatic rings. The van der Waals surface area contributed by atoms with Crippen molar-refractivity contribution < 1.29 is 20.1 Å². The summed E-state index contributed by atoms with van der Waals surface area (Å²) in [6.07, 6.45) is -4.74. The molecule has 4 N–H and O–H groups in total. The zero-order valence-electron chi connectivity index (χ0n) is 11.4. The molecule has 1 fully saturated rings. The number of aliphatic hydroxyl groups excluding tert-OH is 3. The fourth-order valence-electron chi connectivity index (χ4n) is 2.17. The Morgan fingerprint density at radius 2 is 1.68 bits per heavy atom. The maximum atomic E-state index is 9.91. The van der Waals surface area contributed by atoms with E-state index in [0.29, 0.717) is 0 Å². The maximum absolute atomic E-state index is 9.91. The molecule has 1 aliphatic heterocycles. The van der Waals surface area contributed by atoms with Crippen molar-refractivity contribution in [2.75, 3.05) is 5.32 Å². The van der Waals surface area contributed by atoms with Gasteiger partial charge in [-0.05, 0) is 44.0 Å². The van der Waals surface area contributed by atoms with E-state index in [1.807, 2.05) is 32.0 Å². The summed E-state index contributed by atoms with van der Waals surface area (Å²) in [4.78, 5) is 0. The largest absolute Gasteiger partial charge is 0.388 e. The van der Waals surface area contributed by atoms with Crippen molar-refractivity contribution in [1.29, 1.82) is 0 Å². The third-order valence-electron chi connectivity index (χ3n) is 3.67. The van der Waals surface area contributed by atoms with Crippen LogP contribution in [-0.4, -0.2) is 46.0 Å². The van der Waals surface area contributed by atoms with Gasteiger partial charge in [-0.15, -0.1) is 0 Å². The molecule has 0 aliphatic carbocycles. The van der Waals surface area contributed by atoms with Crippen LogP contribution in [0.4, 0.5) is 5.69 Å². The van der Waals surface area contributed by atoms with Gasteiger partial charge in [0.25, 0.3) is 0 Å². The number of hydrogen-bond donors (Lipinski definition) is 4. The number of nitrogens with one attached hydrogen (secondary N) is 1. The number of aryl methyl sites for hydroxylation is 2. The van der Waals surface area contributed by atoms with Crippen molar-refractivity contribution in [3.8, 4) is 0 Å². The molecule has 1 aromatic carbocycles. The van der Waals surface area contributed by atoms with Gasteiger partial charge in [-0.2, -0.15) is 0 Å². The highest BCUT2D eigenvalue weighted by Gasteiger charge is 2.41. The fraction of sp³-hybridized carbons (Fsp3) is 0.571. The van der Waals surface area contributed by atoms with E-state index >= 15 is 0 Å². The van der Waals surface area contributed by atoms with Gasteiger partial charge >= 0.3 is 0 Å². The van der Waals surface area contributed by atoms with Gasteiger partial charge < -0.3 is 25.4 Å². The molecule has 19 heavy (non-hydrogen) atoms. The Labute approximate surface area is 112 Å². The summed E-state index contributed by atoms with van der Waals surface area (Å²) in [5.74, 6) is 0. The highest BCUT2D eigenvalue weighted by molar-refractivity contribution is 5.48. The molecule has 0 bridgehead atoms. The molecule has 2 rings (SSSR count). The van der Waals surface area contributed by atoms with E-state index in [4.69, 9.17) is 4.74 Å². The van der Waals surface area contributed by atoms with Crippen molar-refractivity contribution >= 4 is 5.69 Å². The van der Waals surface area contributed by atoms with Gasteiger partial charge in [0, 0.05) is 5.69 Å². The molecule has 0 amide bonds. The number of rotatable bonds is 2. The summed E-state index contributed by atoms with van der Waals surface area (Å²) >= 11 is 0. The van der Waals surface area contributed by atoms with Crippen molar-refractivity contribution in [2.24, 2.45) is 0 Å². The molecule has 0 aromatic heterocycles. The SMILES string of the molecule is Cc1ccc(N[C@H]2O[C@@H](C)[C@H](O)[C@H](O)[C@@H]2O)cc1C. The van der Waals surface area contributed by atoms with Crippen LogP contribution in [0.3, 0.4) is 0 Å². The summed E-state index contributed by atoms with van der Waals surface area (Å²) in [6, 6.07) is 5.82. The normalized spacial score (nSPS) is 35.2. The lowest BCUT2D eigenvalue weighted by molar-refractivity contribution is -0.209. The summed E-state index contributed by atoms with van der Waals surface area (Å²) in [5, 5.41) is 32.3. The third kappa shape index (κ3) is 2.90. The molecule has 5 nitrogen and oxygen atoms in total. The Balaban J connectivity index is 2.11.